The maximum absolute atomic E-state index is 11.1. The Balaban J connectivity index is 1.68. The Labute approximate surface area is 217 Å². The molecule has 188 valence electrons. The van der Waals surface area contributed by atoms with Gasteiger partial charge in [-0.15, -0.1) is 0 Å². The second-order valence-corrected chi connectivity index (χ2v) is 15.3. The van der Waals surface area contributed by atoms with E-state index in [1.54, 1.807) is 11.1 Å². The van der Waals surface area contributed by atoms with Crippen molar-refractivity contribution < 1.29 is 10.2 Å². The van der Waals surface area contributed by atoms with Crippen LogP contribution in [0.15, 0.2) is 22.8 Å². The number of fused-ring (bicyclic) bond motifs is 4. The third-order valence-electron chi connectivity index (χ3n) is 11.8. The predicted molar refractivity (Wildman–Crippen MR) is 147 cm³/mol. The van der Waals surface area contributed by atoms with E-state index in [2.05, 4.69) is 84.1 Å². The quantitative estimate of drug-likeness (QED) is 0.155. The maximum atomic E-state index is 11.1. The molecule has 0 amide bonds. The molecule has 0 heterocycles. The first-order valence-electron chi connectivity index (χ1n) is 13.6. The molecule has 2 saturated carbocycles. The molecular weight excluding hydrogens is 519 g/mol. The minimum absolute atomic E-state index is 0.0926. The summed E-state index contributed by atoms with van der Waals surface area (Å²) in [6.07, 6.45) is 13.3. The molecule has 4 rings (SSSR count). The number of hydrogen-bond donors (Lipinski definition) is 2. The van der Waals surface area contributed by atoms with Crippen molar-refractivity contribution in [3.63, 3.8) is 0 Å². The van der Waals surface area contributed by atoms with Gasteiger partial charge in [-0.1, -0.05) is 86.9 Å². The van der Waals surface area contributed by atoms with Crippen LogP contribution in [0.2, 0.25) is 0 Å². The zero-order valence-electron chi connectivity index (χ0n) is 22.5. The average Bonchev–Trinajstić information content (AvgIpc) is 2.98. The van der Waals surface area contributed by atoms with Gasteiger partial charge in [-0.3, -0.25) is 0 Å². The average molecular weight is 569 g/mol. The van der Waals surface area contributed by atoms with E-state index in [4.69, 9.17) is 0 Å². The number of rotatable bonds is 4. The Bertz CT molecular complexity index is 849. The van der Waals surface area contributed by atoms with Crippen LogP contribution in [0.25, 0.3) is 0 Å². The molecule has 2 fully saturated rings. The number of halogens is 1. The van der Waals surface area contributed by atoms with Gasteiger partial charge in [-0.25, -0.2) is 0 Å². The summed E-state index contributed by atoms with van der Waals surface area (Å²) in [4.78, 5) is 0. The monoisotopic (exact) mass is 568 g/mol. The lowest BCUT2D eigenvalue weighted by Gasteiger charge is -2.64. The van der Waals surface area contributed by atoms with Gasteiger partial charge in [0.15, 0.2) is 5.79 Å². The lowest BCUT2D eigenvalue weighted by Crippen LogP contribution is -2.65. The van der Waals surface area contributed by atoms with Crippen LogP contribution in [-0.2, 0) is 0 Å². The summed E-state index contributed by atoms with van der Waals surface area (Å²) in [6.45, 7) is 18.9. The Morgan fingerprint density at radius 1 is 1.03 bits per heavy atom. The standard InChI is InChI=1S/C30H49IO2/c1-19(2)10-9-11-20(3)21-14-16-29(8)23-12-13-24-26(4,5)30(32,33)25(31)18-27(24,6)22(23)15-17-28(21,29)7/h10,20-21,24-25,32-33H,9,11-18H2,1-8H3/t20-,21-,24?,25?,27-,28-,29+/m1/s1. The van der Waals surface area contributed by atoms with Gasteiger partial charge in [0.1, 0.15) is 0 Å². The van der Waals surface area contributed by atoms with Crippen molar-refractivity contribution in [1.82, 2.24) is 0 Å². The molecule has 4 aliphatic carbocycles. The molecule has 0 aromatic carbocycles. The predicted octanol–water partition coefficient (Wildman–Crippen LogP) is 8.21. The van der Waals surface area contributed by atoms with Gasteiger partial charge in [0.2, 0.25) is 0 Å². The lowest BCUT2D eigenvalue weighted by atomic mass is 9.42. The molecule has 2 N–H and O–H groups in total. The highest BCUT2D eigenvalue weighted by molar-refractivity contribution is 14.1. The maximum Gasteiger partial charge on any atom is 0.180 e. The molecule has 0 aliphatic heterocycles. The molecule has 33 heavy (non-hydrogen) atoms. The molecule has 2 unspecified atom stereocenters. The van der Waals surface area contributed by atoms with Crippen molar-refractivity contribution >= 4 is 22.6 Å². The Morgan fingerprint density at radius 3 is 2.33 bits per heavy atom. The summed E-state index contributed by atoms with van der Waals surface area (Å²) in [5.41, 5.74) is 5.26. The van der Waals surface area contributed by atoms with E-state index in [9.17, 15) is 10.2 Å². The van der Waals surface area contributed by atoms with Gasteiger partial charge in [0.05, 0.1) is 3.92 Å². The first-order valence-corrected chi connectivity index (χ1v) is 14.8. The molecule has 7 atom stereocenters. The fraction of sp³-hybridized carbons (Fsp3) is 0.867. The molecule has 4 aliphatic rings. The van der Waals surface area contributed by atoms with Crippen molar-refractivity contribution in [3.8, 4) is 0 Å². The normalized spacial score (nSPS) is 44.5. The molecule has 0 aromatic heterocycles. The highest BCUT2D eigenvalue weighted by atomic mass is 127. The van der Waals surface area contributed by atoms with Crippen molar-refractivity contribution in [3.05, 3.63) is 22.8 Å². The SMILES string of the molecule is CC(C)=CCC[C@@H](C)[C@H]1CC[C@@]2(C)C3=C(CC[C@]12C)[C@@]1(C)CC(I)C(O)(O)C(C)(C)C1CC3. The van der Waals surface area contributed by atoms with E-state index in [1.807, 2.05) is 0 Å². The molecule has 3 heteroatoms. The Kier molecular flexibility index (Phi) is 6.62. The fourth-order valence-corrected chi connectivity index (χ4v) is 11.2. The Morgan fingerprint density at radius 2 is 1.70 bits per heavy atom. The van der Waals surface area contributed by atoms with Crippen LogP contribution in [0.1, 0.15) is 113 Å². The van der Waals surface area contributed by atoms with Crippen LogP contribution < -0.4 is 0 Å². The van der Waals surface area contributed by atoms with E-state index >= 15 is 0 Å². The van der Waals surface area contributed by atoms with E-state index in [0.29, 0.717) is 16.7 Å². The summed E-state index contributed by atoms with van der Waals surface area (Å²) in [5, 5.41) is 22.2. The number of alkyl halides is 1. The summed E-state index contributed by atoms with van der Waals surface area (Å²) in [6, 6.07) is 0. The third-order valence-corrected chi connectivity index (χ3v) is 13.1. The largest absolute Gasteiger partial charge is 0.364 e. The topological polar surface area (TPSA) is 40.5 Å². The van der Waals surface area contributed by atoms with Gasteiger partial charge in [-0.2, -0.15) is 0 Å². The molecular formula is C30H49IO2. The first kappa shape index (κ1) is 26.2. The van der Waals surface area contributed by atoms with Gasteiger partial charge in [-0.05, 0) is 106 Å². The molecule has 0 saturated heterocycles. The lowest BCUT2D eigenvalue weighted by molar-refractivity contribution is -0.279. The van der Waals surface area contributed by atoms with Crippen LogP contribution >= 0.6 is 22.6 Å². The third kappa shape index (κ3) is 3.59. The summed E-state index contributed by atoms with van der Waals surface area (Å²) >= 11 is 2.33. The van der Waals surface area contributed by atoms with Crippen LogP contribution in [0.3, 0.4) is 0 Å². The van der Waals surface area contributed by atoms with E-state index in [-0.39, 0.29) is 9.34 Å². The van der Waals surface area contributed by atoms with Crippen LogP contribution in [0, 0.1) is 39.4 Å². The minimum Gasteiger partial charge on any atom is -0.364 e. The summed E-state index contributed by atoms with van der Waals surface area (Å²) < 4.78 is -0.134. The highest BCUT2D eigenvalue weighted by Crippen LogP contribution is 2.73. The van der Waals surface area contributed by atoms with Crippen molar-refractivity contribution in [2.24, 2.45) is 39.4 Å². The first-order chi connectivity index (χ1) is 15.1. The van der Waals surface area contributed by atoms with Crippen LogP contribution in [0.5, 0.6) is 0 Å². The van der Waals surface area contributed by atoms with Gasteiger partial charge in [0.25, 0.3) is 0 Å². The van der Waals surface area contributed by atoms with E-state index in [0.717, 1.165) is 31.1 Å². The van der Waals surface area contributed by atoms with Crippen molar-refractivity contribution in [1.29, 1.82) is 0 Å². The van der Waals surface area contributed by atoms with Gasteiger partial charge < -0.3 is 10.2 Å². The second-order valence-electron chi connectivity index (χ2n) is 13.8. The molecule has 2 nitrogen and oxygen atoms in total. The van der Waals surface area contributed by atoms with Crippen LogP contribution in [0.4, 0.5) is 0 Å². The van der Waals surface area contributed by atoms with Crippen molar-refractivity contribution in [2.75, 3.05) is 0 Å². The zero-order valence-corrected chi connectivity index (χ0v) is 24.7. The molecule has 0 radical (unpaired) electrons. The summed E-state index contributed by atoms with van der Waals surface area (Å²) in [7, 11) is 0. The fourth-order valence-electron chi connectivity index (χ4n) is 9.50. The molecule has 0 bridgehead atoms. The highest BCUT2D eigenvalue weighted by Gasteiger charge is 2.67. The number of allylic oxidation sites excluding steroid dienone is 4. The number of aliphatic hydroxyl groups is 2. The van der Waals surface area contributed by atoms with E-state index < -0.39 is 11.2 Å². The van der Waals surface area contributed by atoms with Crippen molar-refractivity contribution in [2.45, 2.75) is 123 Å². The smallest absolute Gasteiger partial charge is 0.180 e. The minimum atomic E-state index is -1.60. The zero-order chi connectivity index (χ0) is 24.6. The number of hydrogen-bond acceptors (Lipinski definition) is 2. The molecule has 0 spiro atoms. The second kappa shape index (κ2) is 8.33. The Hall–Kier alpha value is 0.130. The van der Waals surface area contributed by atoms with E-state index in [1.165, 1.54) is 44.1 Å². The van der Waals surface area contributed by atoms with Gasteiger partial charge in [0, 0.05) is 5.41 Å². The summed E-state index contributed by atoms with van der Waals surface area (Å²) in [5.74, 6) is 0.327. The molecule has 0 aromatic rings. The van der Waals surface area contributed by atoms with Gasteiger partial charge >= 0.3 is 0 Å². The van der Waals surface area contributed by atoms with Crippen LogP contribution in [-0.4, -0.2) is 19.9 Å².